The molecule has 0 aliphatic carbocycles. The molecule has 37 heavy (non-hydrogen) atoms. The van der Waals surface area contributed by atoms with Gasteiger partial charge in [-0.2, -0.15) is 9.61 Å². The Morgan fingerprint density at radius 1 is 0.973 bits per heavy atom. The number of ether oxygens (including phenoxy) is 3. The zero-order valence-electron chi connectivity index (χ0n) is 20.6. The van der Waals surface area contributed by atoms with Gasteiger partial charge in [-0.1, -0.05) is 18.2 Å². The van der Waals surface area contributed by atoms with E-state index in [2.05, 4.69) is 25.7 Å². The summed E-state index contributed by atoms with van der Waals surface area (Å²) < 4.78 is 19.8. The van der Waals surface area contributed by atoms with Gasteiger partial charge in [-0.25, -0.2) is 4.68 Å². The van der Waals surface area contributed by atoms with Crippen molar-refractivity contribution in [2.24, 2.45) is 0 Å². The summed E-state index contributed by atoms with van der Waals surface area (Å²) in [5, 5.41) is 20.2. The van der Waals surface area contributed by atoms with Crippen molar-refractivity contribution in [1.29, 1.82) is 0 Å². The van der Waals surface area contributed by atoms with E-state index in [9.17, 15) is 4.79 Å². The highest BCUT2D eigenvalue weighted by Gasteiger charge is 2.16. The molecule has 5 rings (SSSR count). The number of hydrogen-bond donors (Lipinski definition) is 1. The van der Waals surface area contributed by atoms with Crippen LogP contribution in [-0.4, -0.2) is 62.9 Å². The Hall–Kier alpha value is -4.93. The van der Waals surface area contributed by atoms with E-state index in [1.165, 1.54) is 0 Å². The first-order valence-electron chi connectivity index (χ1n) is 11.5. The van der Waals surface area contributed by atoms with Crippen LogP contribution in [0.2, 0.25) is 0 Å². The van der Waals surface area contributed by atoms with Crippen LogP contribution in [-0.2, 0) is 0 Å². The number of hydrogen-bond acceptors (Lipinski definition) is 8. The topological polar surface area (TPSA) is 118 Å². The highest BCUT2D eigenvalue weighted by Crippen LogP contribution is 2.31. The monoisotopic (exact) mass is 499 g/mol. The number of nitrogens with one attached hydrogen (secondary N) is 1. The van der Waals surface area contributed by atoms with Crippen molar-refractivity contribution in [2.45, 2.75) is 6.92 Å². The van der Waals surface area contributed by atoms with Crippen LogP contribution in [0.25, 0.3) is 22.7 Å². The summed E-state index contributed by atoms with van der Waals surface area (Å²) in [6.07, 6.45) is 1.57. The van der Waals surface area contributed by atoms with Crippen LogP contribution in [0.1, 0.15) is 16.1 Å². The number of nitrogens with zero attached hydrogens (tertiary/aromatic N) is 6. The molecule has 0 bridgehead atoms. The number of aromatic nitrogens is 6. The molecule has 3 aromatic heterocycles. The maximum absolute atomic E-state index is 12.7. The van der Waals surface area contributed by atoms with Crippen molar-refractivity contribution in [2.75, 3.05) is 27.4 Å². The first kappa shape index (κ1) is 23.8. The predicted molar refractivity (Wildman–Crippen MR) is 135 cm³/mol. The number of fused-ring (bicyclic) bond motifs is 1. The molecule has 1 amide bonds. The molecule has 1 N–H and O–H groups in total. The Balaban J connectivity index is 1.23. The Labute approximate surface area is 212 Å². The molecule has 0 radical (unpaired) electrons. The van der Waals surface area contributed by atoms with Gasteiger partial charge in [0.05, 0.1) is 43.9 Å². The summed E-state index contributed by atoms with van der Waals surface area (Å²) >= 11 is 0. The maximum atomic E-state index is 12.7. The third-order valence-electron chi connectivity index (χ3n) is 5.77. The summed E-state index contributed by atoms with van der Waals surface area (Å²) in [6.45, 7) is 2.38. The van der Waals surface area contributed by atoms with Crippen LogP contribution in [0.15, 0.2) is 66.9 Å². The highest BCUT2D eigenvalue weighted by molar-refractivity contribution is 5.95. The first-order chi connectivity index (χ1) is 18.1. The van der Waals surface area contributed by atoms with Crippen LogP contribution in [0.3, 0.4) is 0 Å². The standard InChI is InChI=1S/C26H25N7O4/c1-17-20(16-28-32(17)19-7-5-4-6-8-19)26(34)27-13-14-37-24-12-11-23-29-30-25(33(23)31-24)18-9-10-21(35-2)22(15-18)36-3/h4-12,15-16H,13-14H2,1-3H3,(H,27,34). The smallest absolute Gasteiger partial charge is 0.254 e. The largest absolute Gasteiger partial charge is 0.493 e. The number of rotatable bonds is 9. The van der Waals surface area contributed by atoms with E-state index >= 15 is 0 Å². The SMILES string of the molecule is COc1ccc(-c2nnc3ccc(OCCNC(=O)c4cnn(-c5ccccc5)c4C)nn23)cc1OC. The molecule has 11 heteroatoms. The van der Waals surface area contributed by atoms with Gasteiger partial charge >= 0.3 is 0 Å². The van der Waals surface area contributed by atoms with Crippen LogP contribution >= 0.6 is 0 Å². The van der Waals surface area contributed by atoms with Crippen LogP contribution in [0.5, 0.6) is 17.4 Å². The van der Waals surface area contributed by atoms with Crippen molar-refractivity contribution in [1.82, 2.24) is 34.9 Å². The van der Waals surface area contributed by atoms with E-state index in [0.29, 0.717) is 41.0 Å². The molecular weight excluding hydrogens is 474 g/mol. The minimum absolute atomic E-state index is 0.221. The van der Waals surface area contributed by atoms with E-state index < -0.39 is 0 Å². The highest BCUT2D eigenvalue weighted by atomic mass is 16.5. The van der Waals surface area contributed by atoms with Gasteiger partial charge in [0, 0.05) is 11.6 Å². The molecule has 0 atom stereocenters. The molecule has 0 saturated carbocycles. The van der Waals surface area contributed by atoms with Gasteiger partial charge in [0.15, 0.2) is 23.0 Å². The number of para-hydroxylation sites is 1. The lowest BCUT2D eigenvalue weighted by Gasteiger charge is -2.09. The average molecular weight is 500 g/mol. The van der Waals surface area contributed by atoms with Crippen molar-refractivity contribution in [3.63, 3.8) is 0 Å². The molecule has 0 aliphatic rings. The maximum Gasteiger partial charge on any atom is 0.254 e. The van der Waals surface area contributed by atoms with Crippen molar-refractivity contribution in [3.05, 3.63) is 78.1 Å². The van der Waals surface area contributed by atoms with Gasteiger partial charge in [-0.3, -0.25) is 4.79 Å². The molecular formula is C26H25N7O4. The minimum Gasteiger partial charge on any atom is -0.493 e. The number of amides is 1. The average Bonchev–Trinajstić information content (AvgIpc) is 3.54. The zero-order chi connectivity index (χ0) is 25.8. The molecule has 2 aromatic carbocycles. The van der Waals surface area contributed by atoms with Gasteiger partial charge in [-0.15, -0.1) is 15.3 Å². The van der Waals surface area contributed by atoms with Crippen LogP contribution in [0.4, 0.5) is 0 Å². The van der Waals surface area contributed by atoms with E-state index in [0.717, 1.165) is 16.9 Å². The van der Waals surface area contributed by atoms with Crippen molar-refractivity contribution >= 4 is 11.6 Å². The van der Waals surface area contributed by atoms with E-state index in [-0.39, 0.29) is 12.5 Å². The van der Waals surface area contributed by atoms with E-state index in [1.807, 2.05) is 49.4 Å². The second kappa shape index (κ2) is 10.4. The molecule has 0 unspecified atom stereocenters. The van der Waals surface area contributed by atoms with Crippen molar-refractivity contribution in [3.8, 4) is 34.5 Å². The zero-order valence-corrected chi connectivity index (χ0v) is 20.6. The van der Waals surface area contributed by atoms with E-state index in [1.54, 1.807) is 47.8 Å². The molecule has 0 spiro atoms. The van der Waals surface area contributed by atoms with Gasteiger partial charge in [-0.05, 0) is 43.3 Å². The first-order valence-corrected chi connectivity index (χ1v) is 11.5. The number of carbonyl (C=O) groups excluding carboxylic acids is 1. The van der Waals surface area contributed by atoms with E-state index in [4.69, 9.17) is 14.2 Å². The van der Waals surface area contributed by atoms with Crippen LogP contribution < -0.4 is 19.5 Å². The molecule has 0 fully saturated rings. The van der Waals surface area contributed by atoms with Crippen LogP contribution in [0, 0.1) is 6.92 Å². The Bertz CT molecular complexity index is 1550. The fourth-order valence-electron chi connectivity index (χ4n) is 3.88. The normalized spacial score (nSPS) is 10.9. The van der Waals surface area contributed by atoms with Gasteiger partial charge < -0.3 is 19.5 Å². The van der Waals surface area contributed by atoms with Crippen molar-refractivity contribution < 1.29 is 19.0 Å². The molecule has 0 saturated heterocycles. The predicted octanol–water partition coefficient (Wildman–Crippen LogP) is 3.11. The summed E-state index contributed by atoms with van der Waals surface area (Å²) in [5.41, 5.74) is 3.48. The lowest BCUT2D eigenvalue weighted by molar-refractivity contribution is 0.0946. The fraction of sp³-hybridized carbons (Fsp3) is 0.192. The van der Waals surface area contributed by atoms with Gasteiger partial charge in [0.2, 0.25) is 5.88 Å². The third-order valence-corrected chi connectivity index (χ3v) is 5.77. The quantitative estimate of drug-likeness (QED) is 0.308. The molecule has 0 aliphatic heterocycles. The lowest BCUT2D eigenvalue weighted by Crippen LogP contribution is -2.28. The second-order valence-corrected chi connectivity index (χ2v) is 8.03. The van der Waals surface area contributed by atoms with Gasteiger partial charge in [0.1, 0.15) is 6.61 Å². The Morgan fingerprint density at radius 2 is 1.78 bits per heavy atom. The molecule has 5 aromatic rings. The third kappa shape index (κ3) is 4.79. The Morgan fingerprint density at radius 3 is 2.57 bits per heavy atom. The minimum atomic E-state index is -0.221. The van der Waals surface area contributed by atoms with Gasteiger partial charge in [0.25, 0.3) is 5.91 Å². The molecule has 11 nitrogen and oxygen atoms in total. The Kier molecular flexibility index (Phi) is 6.66. The summed E-state index contributed by atoms with van der Waals surface area (Å²) in [5.74, 6) is 1.87. The fourth-order valence-corrected chi connectivity index (χ4v) is 3.88. The second-order valence-electron chi connectivity index (χ2n) is 8.03. The summed E-state index contributed by atoms with van der Waals surface area (Å²) in [7, 11) is 3.15. The summed E-state index contributed by atoms with van der Waals surface area (Å²) in [4.78, 5) is 12.7. The molecule has 188 valence electrons. The number of carbonyl (C=O) groups is 1. The summed E-state index contributed by atoms with van der Waals surface area (Å²) in [6, 6.07) is 18.6. The molecule has 3 heterocycles. The lowest BCUT2D eigenvalue weighted by atomic mass is 10.2. The number of benzene rings is 2. The number of methoxy groups -OCH3 is 2.